The number of nitrogens with one attached hydrogen (secondary N) is 2. The summed E-state index contributed by atoms with van der Waals surface area (Å²) in [6.45, 7) is 9.74. The molecular formula is C25H31N7O2S. The van der Waals surface area contributed by atoms with Crippen molar-refractivity contribution < 1.29 is 12.4 Å². The molecule has 1 aliphatic heterocycles. The molecule has 0 spiro atoms. The maximum atomic E-state index is 13.1. The molecule has 4 aromatic heterocycles. The molecular weight excluding hydrogens is 462 g/mol. The average Bonchev–Trinajstić information content (AvgIpc) is 3.41. The quantitative estimate of drug-likeness (QED) is 0.404. The summed E-state index contributed by atoms with van der Waals surface area (Å²) in [6.07, 6.45) is 8.44. The molecule has 0 bridgehead atoms. The van der Waals surface area contributed by atoms with Gasteiger partial charge < -0.3 is 15.5 Å². The van der Waals surface area contributed by atoms with Crippen molar-refractivity contribution in [1.82, 2.24) is 29.8 Å². The number of fused-ring (bicyclic) bond motifs is 1. The van der Waals surface area contributed by atoms with Crippen molar-refractivity contribution in [2.45, 2.75) is 20.8 Å². The van der Waals surface area contributed by atoms with Crippen molar-refractivity contribution in [3.8, 4) is 10.4 Å². The molecule has 0 aliphatic carbocycles. The molecule has 9 nitrogen and oxygen atoms in total. The largest absolute Gasteiger partial charge is 0.351 e. The molecule has 2 N–H and O–H groups in total. The Kier molecular flexibility index (Phi) is 6.08. The van der Waals surface area contributed by atoms with E-state index in [0.717, 1.165) is 34.9 Å². The summed E-state index contributed by atoms with van der Waals surface area (Å²) in [6, 6.07) is 5.50. The van der Waals surface area contributed by atoms with Gasteiger partial charge in [-0.25, -0.2) is 4.52 Å². The molecule has 0 saturated carbocycles. The smallest absolute Gasteiger partial charge is 0.260 e. The average molecular weight is 494 g/mol. The van der Waals surface area contributed by atoms with Gasteiger partial charge >= 0.3 is 0 Å². The zero-order chi connectivity index (χ0) is 24.6. The topological polar surface area (TPSA) is 105 Å². The number of nitrogens with zero attached hydrogens (tertiary/aromatic N) is 5. The van der Waals surface area contributed by atoms with Gasteiger partial charge in [0.1, 0.15) is 4.83 Å². The maximum absolute atomic E-state index is 13.1. The van der Waals surface area contributed by atoms with Crippen LogP contribution in [0.15, 0.2) is 49.2 Å². The first kappa shape index (κ1) is 23.1. The van der Waals surface area contributed by atoms with Gasteiger partial charge in [0, 0.05) is 53.8 Å². The standard InChI is InChI=1S/C25H27N7O2S.2H2/c1-16-20(10-18(11-28-16)22(33)27-8-9-31-14-25(2,3)15-31)30-23(34)19-12-29-32-13-21(35-24(19)32)17-4-6-26-7-5-17;;/h4-7,10-13H,8-9,14-15H2,1-3H3,(H,27,33)(H,30,34);2*1H. The van der Waals surface area contributed by atoms with Gasteiger partial charge in [-0.1, -0.05) is 13.8 Å². The lowest BCUT2D eigenvalue weighted by atomic mass is 9.84. The first-order valence-electron chi connectivity index (χ1n) is 11.5. The van der Waals surface area contributed by atoms with Crippen LogP contribution in [0, 0.1) is 12.3 Å². The minimum Gasteiger partial charge on any atom is -0.351 e. The SMILES string of the molecule is Cc1ncc(C(=O)NCCN2CC(C)(C)C2)cc1NC(=O)c1cnn2cc(-c3ccncc3)sc12.[HH].[HH]. The number of aryl methyl sites for hydroxylation is 1. The Hall–Kier alpha value is -3.63. The number of hydrogen-bond acceptors (Lipinski definition) is 7. The summed E-state index contributed by atoms with van der Waals surface area (Å²) >= 11 is 1.48. The highest BCUT2D eigenvalue weighted by molar-refractivity contribution is 7.21. The minimum atomic E-state index is -0.300. The van der Waals surface area contributed by atoms with Crippen molar-refractivity contribution in [3.63, 3.8) is 0 Å². The van der Waals surface area contributed by atoms with Crippen LogP contribution in [-0.4, -0.2) is 62.5 Å². The molecule has 10 heteroatoms. The molecule has 0 unspecified atom stereocenters. The van der Waals surface area contributed by atoms with E-state index in [1.165, 1.54) is 17.5 Å². The van der Waals surface area contributed by atoms with Gasteiger partial charge in [0.15, 0.2) is 0 Å². The lowest BCUT2D eigenvalue weighted by molar-refractivity contribution is 0.0323. The third-order valence-corrected chi connectivity index (χ3v) is 7.18. The van der Waals surface area contributed by atoms with Crippen LogP contribution in [0.1, 0.15) is 43.1 Å². The van der Waals surface area contributed by atoms with Crippen molar-refractivity contribution in [3.05, 3.63) is 66.0 Å². The van der Waals surface area contributed by atoms with Crippen LogP contribution in [0.2, 0.25) is 0 Å². The number of carbonyl (C=O) groups excluding carboxylic acids is 2. The zero-order valence-corrected chi connectivity index (χ0v) is 20.7. The Morgan fingerprint density at radius 3 is 2.69 bits per heavy atom. The van der Waals surface area contributed by atoms with E-state index in [-0.39, 0.29) is 14.7 Å². The van der Waals surface area contributed by atoms with Gasteiger partial charge in [0.25, 0.3) is 11.8 Å². The Balaban J connectivity index is 0.00000190. The summed E-state index contributed by atoms with van der Waals surface area (Å²) in [5.74, 6) is -0.507. The summed E-state index contributed by atoms with van der Waals surface area (Å²) in [5, 5.41) is 10.2. The van der Waals surface area contributed by atoms with Gasteiger partial charge in [-0.2, -0.15) is 5.10 Å². The van der Waals surface area contributed by atoms with E-state index in [2.05, 4.69) is 44.4 Å². The minimum absolute atomic E-state index is 0. The molecule has 1 saturated heterocycles. The maximum Gasteiger partial charge on any atom is 0.260 e. The second-order valence-corrected chi connectivity index (χ2v) is 10.6. The normalized spacial score (nSPS) is 15.1. The molecule has 0 aromatic carbocycles. The summed E-state index contributed by atoms with van der Waals surface area (Å²) < 4.78 is 1.70. The van der Waals surface area contributed by atoms with E-state index in [0.29, 0.717) is 34.5 Å². The van der Waals surface area contributed by atoms with E-state index in [4.69, 9.17) is 0 Å². The predicted molar refractivity (Wildman–Crippen MR) is 140 cm³/mol. The number of aromatic nitrogens is 4. The van der Waals surface area contributed by atoms with Gasteiger partial charge in [0.05, 0.1) is 33.6 Å². The summed E-state index contributed by atoms with van der Waals surface area (Å²) in [4.78, 5) is 38.2. The number of thiazole rings is 1. The number of amides is 2. The molecule has 184 valence electrons. The molecule has 5 rings (SSSR count). The predicted octanol–water partition coefficient (Wildman–Crippen LogP) is 3.98. The fourth-order valence-corrected chi connectivity index (χ4v) is 5.38. The number of hydrogen-bond donors (Lipinski definition) is 2. The third-order valence-electron chi connectivity index (χ3n) is 6.02. The zero-order valence-electron chi connectivity index (χ0n) is 19.9. The van der Waals surface area contributed by atoms with Crippen LogP contribution < -0.4 is 10.6 Å². The Bertz CT molecular complexity index is 1400. The van der Waals surface area contributed by atoms with Gasteiger partial charge in [-0.05, 0) is 36.1 Å². The molecule has 2 amide bonds. The van der Waals surface area contributed by atoms with Gasteiger partial charge in [-0.15, -0.1) is 11.3 Å². The highest BCUT2D eigenvalue weighted by Crippen LogP contribution is 2.30. The van der Waals surface area contributed by atoms with Crippen LogP contribution in [-0.2, 0) is 0 Å². The number of anilines is 1. The molecule has 0 atom stereocenters. The third kappa shape index (κ3) is 4.94. The summed E-state index contributed by atoms with van der Waals surface area (Å²) in [5.41, 5.74) is 3.37. The van der Waals surface area contributed by atoms with Crippen molar-refractivity contribution in [2.24, 2.45) is 5.41 Å². The van der Waals surface area contributed by atoms with Crippen molar-refractivity contribution in [1.29, 1.82) is 0 Å². The van der Waals surface area contributed by atoms with E-state index in [1.807, 2.05) is 18.3 Å². The van der Waals surface area contributed by atoms with E-state index >= 15 is 0 Å². The fourth-order valence-electron chi connectivity index (χ4n) is 4.32. The monoisotopic (exact) mass is 493 g/mol. The molecule has 1 fully saturated rings. The number of carbonyl (C=O) groups is 2. The number of rotatable bonds is 7. The Labute approximate surface area is 210 Å². The van der Waals surface area contributed by atoms with Crippen LogP contribution in [0.4, 0.5) is 5.69 Å². The van der Waals surface area contributed by atoms with Crippen LogP contribution in [0.25, 0.3) is 15.3 Å². The fraction of sp³-hybridized carbons (Fsp3) is 0.320. The van der Waals surface area contributed by atoms with Crippen LogP contribution in [0.5, 0.6) is 0 Å². The Morgan fingerprint density at radius 1 is 1.17 bits per heavy atom. The second-order valence-electron chi connectivity index (χ2n) is 9.58. The van der Waals surface area contributed by atoms with Gasteiger partial charge in [-0.3, -0.25) is 19.6 Å². The van der Waals surface area contributed by atoms with Crippen LogP contribution in [0.3, 0.4) is 0 Å². The van der Waals surface area contributed by atoms with E-state index in [9.17, 15) is 9.59 Å². The molecule has 0 radical (unpaired) electrons. The summed E-state index contributed by atoms with van der Waals surface area (Å²) in [7, 11) is 0. The number of pyridine rings is 2. The lowest BCUT2D eigenvalue weighted by Crippen LogP contribution is -2.54. The molecule has 5 heterocycles. The van der Waals surface area contributed by atoms with Crippen LogP contribution >= 0.6 is 11.3 Å². The second kappa shape index (κ2) is 9.20. The molecule has 4 aromatic rings. The highest BCUT2D eigenvalue weighted by Gasteiger charge is 2.33. The van der Waals surface area contributed by atoms with Crippen molar-refractivity contribution >= 4 is 33.7 Å². The van der Waals surface area contributed by atoms with Gasteiger partial charge in [0.2, 0.25) is 0 Å². The molecule has 35 heavy (non-hydrogen) atoms. The first-order chi connectivity index (χ1) is 16.8. The van der Waals surface area contributed by atoms with E-state index < -0.39 is 0 Å². The lowest BCUT2D eigenvalue weighted by Gasteiger charge is -2.45. The Morgan fingerprint density at radius 2 is 1.94 bits per heavy atom. The molecule has 1 aliphatic rings. The highest BCUT2D eigenvalue weighted by atomic mass is 32.1. The first-order valence-corrected chi connectivity index (χ1v) is 12.3. The number of likely N-dealkylation sites (tertiary alicyclic amines) is 1. The van der Waals surface area contributed by atoms with E-state index in [1.54, 1.807) is 36.1 Å². The van der Waals surface area contributed by atoms with Crippen molar-refractivity contribution in [2.75, 3.05) is 31.5 Å².